The van der Waals surface area contributed by atoms with E-state index in [-0.39, 0.29) is 11.7 Å². The van der Waals surface area contributed by atoms with E-state index in [1.165, 1.54) is 12.1 Å². The van der Waals surface area contributed by atoms with E-state index in [1.54, 1.807) is 6.07 Å². The largest absolute Gasteiger partial charge is 0.381 e. The van der Waals surface area contributed by atoms with Crippen molar-refractivity contribution in [1.29, 1.82) is 0 Å². The Kier molecular flexibility index (Phi) is 3.37. The van der Waals surface area contributed by atoms with Gasteiger partial charge in [-0.2, -0.15) is 0 Å². The van der Waals surface area contributed by atoms with Gasteiger partial charge in [0.05, 0.1) is 6.42 Å². The normalized spacial score (nSPS) is 22.2. The molecule has 0 radical (unpaired) electrons. The summed E-state index contributed by atoms with van der Waals surface area (Å²) in [6.07, 6.45) is 3.31. The molecule has 2 saturated heterocycles. The number of carbonyl (C=O) groups excluding carboxylic acids is 1. The highest BCUT2D eigenvalue weighted by Crippen LogP contribution is 2.30. The maximum Gasteiger partial charge on any atom is 0.227 e. The van der Waals surface area contributed by atoms with Crippen LogP contribution in [-0.2, 0) is 16.0 Å². The van der Waals surface area contributed by atoms with Crippen LogP contribution in [0, 0.1) is 17.7 Å². The summed E-state index contributed by atoms with van der Waals surface area (Å²) in [5, 5.41) is 0.927. The van der Waals surface area contributed by atoms with Crippen LogP contribution in [0.4, 0.5) is 4.39 Å². The zero-order valence-corrected chi connectivity index (χ0v) is 12.3. The fourth-order valence-electron chi connectivity index (χ4n) is 3.52. The third-order valence-corrected chi connectivity index (χ3v) is 4.97. The average Bonchev–Trinajstić information content (AvgIpc) is 3.07. The number of benzene rings is 1. The number of ether oxygens (including phenoxy) is 1. The van der Waals surface area contributed by atoms with Crippen molar-refractivity contribution in [3.8, 4) is 0 Å². The molecular weight excluding hydrogens is 283 g/mol. The van der Waals surface area contributed by atoms with Gasteiger partial charge in [-0.1, -0.05) is 0 Å². The van der Waals surface area contributed by atoms with Gasteiger partial charge in [-0.05, 0) is 42.0 Å². The predicted molar refractivity (Wildman–Crippen MR) is 81.0 cm³/mol. The lowest BCUT2D eigenvalue weighted by Crippen LogP contribution is -2.53. The number of fused-ring (bicyclic) bond motifs is 1. The maximum absolute atomic E-state index is 13.2. The van der Waals surface area contributed by atoms with Gasteiger partial charge in [-0.15, -0.1) is 0 Å². The highest BCUT2D eigenvalue weighted by molar-refractivity contribution is 5.89. The molecule has 0 bridgehead atoms. The van der Waals surface area contributed by atoms with E-state index in [4.69, 9.17) is 4.74 Å². The van der Waals surface area contributed by atoms with E-state index in [2.05, 4.69) is 4.98 Å². The van der Waals surface area contributed by atoms with Crippen LogP contribution in [-0.4, -0.2) is 42.1 Å². The number of aromatic amines is 1. The summed E-state index contributed by atoms with van der Waals surface area (Å²) in [4.78, 5) is 17.3. The fraction of sp³-hybridized carbons (Fsp3) is 0.471. The van der Waals surface area contributed by atoms with Gasteiger partial charge in [0, 0.05) is 43.4 Å². The first kappa shape index (κ1) is 13.8. The summed E-state index contributed by atoms with van der Waals surface area (Å²) in [6, 6.07) is 4.63. The molecule has 2 aliphatic rings. The number of carbonyl (C=O) groups is 1. The SMILES string of the molecule is O=C(Cc1c[nH]c2cc(F)ccc12)N1CC(C2CCOC2)C1. The van der Waals surface area contributed by atoms with Crippen LogP contribution in [0.3, 0.4) is 0 Å². The number of hydrogen-bond acceptors (Lipinski definition) is 2. The van der Waals surface area contributed by atoms with Crippen molar-refractivity contribution in [1.82, 2.24) is 9.88 Å². The van der Waals surface area contributed by atoms with E-state index in [1.807, 2.05) is 11.1 Å². The molecule has 5 heteroatoms. The third kappa shape index (κ3) is 2.39. The van der Waals surface area contributed by atoms with Crippen LogP contribution in [0.2, 0.25) is 0 Å². The first-order valence-electron chi connectivity index (χ1n) is 7.82. The maximum atomic E-state index is 13.2. The number of nitrogens with one attached hydrogen (secondary N) is 1. The van der Waals surface area contributed by atoms with E-state index in [9.17, 15) is 9.18 Å². The highest BCUT2D eigenvalue weighted by atomic mass is 19.1. The lowest BCUT2D eigenvalue weighted by atomic mass is 9.85. The second kappa shape index (κ2) is 5.39. The number of likely N-dealkylation sites (tertiary alicyclic amines) is 1. The molecule has 2 aromatic rings. The molecule has 116 valence electrons. The van der Waals surface area contributed by atoms with E-state index in [0.29, 0.717) is 18.3 Å². The summed E-state index contributed by atoms with van der Waals surface area (Å²) in [5.41, 5.74) is 1.68. The Morgan fingerprint density at radius 1 is 1.36 bits per heavy atom. The molecule has 0 saturated carbocycles. The zero-order chi connectivity index (χ0) is 15.1. The minimum absolute atomic E-state index is 0.153. The zero-order valence-electron chi connectivity index (χ0n) is 12.3. The molecule has 0 spiro atoms. The minimum atomic E-state index is -0.267. The van der Waals surface area contributed by atoms with Crippen LogP contribution in [0.5, 0.6) is 0 Å². The summed E-state index contributed by atoms with van der Waals surface area (Å²) in [5.74, 6) is 1.11. The topological polar surface area (TPSA) is 45.3 Å². The molecule has 22 heavy (non-hydrogen) atoms. The molecule has 1 aromatic heterocycles. The lowest BCUT2D eigenvalue weighted by Gasteiger charge is -2.42. The van der Waals surface area contributed by atoms with Crippen molar-refractivity contribution in [2.75, 3.05) is 26.3 Å². The van der Waals surface area contributed by atoms with Crippen molar-refractivity contribution in [3.05, 3.63) is 35.8 Å². The number of amides is 1. The molecule has 1 aromatic carbocycles. The van der Waals surface area contributed by atoms with Crippen molar-refractivity contribution in [3.63, 3.8) is 0 Å². The van der Waals surface area contributed by atoms with Crippen LogP contribution in [0.15, 0.2) is 24.4 Å². The van der Waals surface area contributed by atoms with Crippen LogP contribution in [0.25, 0.3) is 10.9 Å². The van der Waals surface area contributed by atoms with Gasteiger partial charge >= 0.3 is 0 Å². The monoisotopic (exact) mass is 302 g/mol. The molecule has 1 amide bonds. The molecule has 1 N–H and O–H groups in total. The first-order valence-corrected chi connectivity index (χ1v) is 7.82. The summed E-state index contributed by atoms with van der Waals surface area (Å²) >= 11 is 0. The Labute approximate surface area is 128 Å². The van der Waals surface area contributed by atoms with Crippen LogP contribution >= 0.6 is 0 Å². The minimum Gasteiger partial charge on any atom is -0.381 e. The second-order valence-corrected chi connectivity index (χ2v) is 6.36. The Bertz CT molecular complexity index is 700. The molecule has 4 nitrogen and oxygen atoms in total. The molecule has 2 fully saturated rings. The Morgan fingerprint density at radius 3 is 3.00 bits per heavy atom. The molecule has 2 aliphatic heterocycles. The van der Waals surface area contributed by atoms with Gasteiger partial charge in [0.2, 0.25) is 5.91 Å². The van der Waals surface area contributed by atoms with Gasteiger partial charge in [-0.3, -0.25) is 4.79 Å². The van der Waals surface area contributed by atoms with Gasteiger partial charge in [-0.25, -0.2) is 4.39 Å². The lowest BCUT2D eigenvalue weighted by molar-refractivity contribution is -0.138. The second-order valence-electron chi connectivity index (χ2n) is 6.36. The Morgan fingerprint density at radius 2 is 2.23 bits per heavy atom. The van der Waals surface area contributed by atoms with Gasteiger partial charge in [0.1, 0.15) is 5.82 Å². The van der Waals surface area contributed by atoms with Gasteiger partial charge < -0.3 is 14.6 Å². The summed E-state index contributed by atoms with van der Waals surface area (Å²) in [7, 11) is 0. The van der Waals surface area contributed by atoms with Crippen molar-refractivity contribution >= 4 is 16.8 Å². The fourth-order valence-corrected chi connectivity index (χ4v) is 3.52. The quantitative estimate of drug-likeness (QED) is 0.946. The molecule has 1 atom stereocenters. The molecule has 1 unspecified atom stereocenters. The number of halogens is 1. The van der Waals surface area contributed by atoms with Gasteiger partial charge in [0.25, 0.3) is 0 Å². The Hall–Kier alpha value is -1.88. The van der Waals surface area contributed by atoms with E-state index < -0.39 is 0 Å². The summed E-state index contributed by atoms with van der Waals surface area (Å²) < 4.78 is 18.6. The van der Waals surface area contributed by atoms with Crippen LogP contribution in [0.1, 0.15) is 12.0 Å². The standard InChI is InChI=1S/C17H19FN2O2/c18-14-1-2-15-12(7-19-16(15)6-14)5-17(21)20-8-13(9-20)11-3-4-22-10-11/h1-2,6-7,11,13,19H,3-5,8-10H2. The van der Waals surface area contributed by atoms with Gasteiger partial charge in [0.15, 0.2) is 0 Å². The first-order chi connectivity index (χ1) is 10.7. The summed E-state index contributed by atoms with van der Waals surface area (Å²) in [6.45, 7) is 3.41. The third-order valence-electron chi connectivity index (χ3n) is 4.97. The molecule has 0 aliphatic carbocycles. The number of hydrogen-bond donors (Lipinski definition) is 1. The van der Waals surface area contributed by atoms with E-state index >= 15 is 0 Å². The Balaban J connectivity index is 1.39. The van der Waals surface area contributed by atoms with E-state index in [0.717, 1.165) is 49.2 Å². The molecular formula is C17H19FN2O2. The van der Waals surface area contributed by atoms with Crippen molar-refractivity contribution in [2.24, 2.45) is 11.8 Å². The van der Waals surface area contributed by atoms with Crippen molar-refractivity contribution in [2.45, 2.75) is 12.8 Å². The van der Waals surface area contributed by atoms with Crippen LogP contribution < -0.4 is 0 Å². The van der Waals surface area contributed by atoms with Crippen molar-refractivity contribution < 1.29 is 13.9 Å². The molecule has 4 rings (SSSR count). The number of aromatic nitrogens is 1. The number of H-pyrrole nitrogens is 1. The molecule has 3 heterocycles. The predicted octanol–water partition coefficient (Wildman–Crippen LogP) is 2.34. The highest BCUT2D eigenvalue weighted by Gasteiger charge is 2.37. The number of rotatable bonds is 3. The smallest absolute Gasteiger partial charge is 0.227 e. The average molecular weight is 302 g/mol. The number of nitrogens with zero attached hydrogens (tertiary/aromatic N) is 1.